The van der Waals surface area contributed by atoms with Crippen LogP contribution in [0.2, 0.25) is 0 Å². The highest BCUT2D eigenvalue weighted by Crippen LogP contribution is 2.29. The molecule has 0 aliphatic rings. The zero-order valence-electron chi connectivity index (χ0n) is 19.4. The van der Waals surface area contributed by atoms with Crippen LogP contribution in [-0.2, 0) is 0 Å². The van der Waals surface area contributed by atoms with Crippen molar-refractivity contribution in [2.24, 2.45) is 0 Å². The number of Topliss-reactive ketones (excluding diaryl/α,β-unsaturated/α-hetero) is 1. The third-order valence-corrected chi connectivity index (χ3v) is 6.88. The Bertz CT molecular complexity index is 1470. The van der Waals surface area contributed by atoms with Crippen molar-refractivity contribution >= 4 is 28.6 Å². The molecule has 0 fully saturated rings. The van der Waals surface area contributed by atoms with E-state index in [1.54, 1.807) is 7.11 Å². The number of fused-ring (bicyclic) bond motifs is 1. The summed E-state index contributed by atoms with van der Waals surface area (Å²) in [5, 5.41) is 0.810. The lowest BCUT2D eigenvalue weighted by molar-refractivity contribution is 0.102. The van der Waals surface area contributed by atoms with Gasteiger partial charge in [-0.1, -0.05) is 42.1 Å². The van der Waals surface area contributed by atoms with Crippen LogP contribution in [0.15, 0.2) is 90.1 Å². The van der Waals surface area contributed by atoms with Gasteiger partial charge in [-0.2, -0.15) is 0 Å². The lowest BCUT2D eigenvalue weighted by Crippen LogP contribution is -2.06. The van der Waals surface area contributed by atoms with Gasteiger partial charge in [0.1, 0.15) is 5.75 Å². The summed E-state index contributed by atoms with van der Waals surface area (Å²) in [5.41, 5.74) is 6.68. The number of aryl methyl sites for hydroxylation is 1. The van der Waals surface area contributed by atoms with Gasteiger partial charge in [0.15, 0.2) is 10.9 Å². The number of nitrogens with zero attached hydrogens (tertiary/aromatic N) is 3. The number of hydrogen-bond acceptors (Lipinski definition) is 4. The van der Waals surface area contributed by atoms with E-state index >= 15 is 0 Å². The molecule has 0 aliphatic carbocycles. The van der Waals surface area contributed by atoms with Crippen LogP contribution in [0, 0.1) is 13.8 Å². The standard InChI is InChI=1S/C28H25N3O2S/c1-19-17-24(20(2)30(19)22-13-15-23(33-3)16-14-22)27(32)18-34-28-29-25-11-7-8-12-26(25)31(28)21-9-5-4-6-10-21/h4-17H,18H2,1-3H3. The van der Waals surface area contributed by atoms with E-state index in [4.69, 9.17) is 9.72 Å². The number of ether oxygens (including phenoxy) is 1. The number of hydrogen-bond donors (Lipinski definition) is 0. The second-order valence-corrected chi connectivity index (χ2v) is 9.03. The Morgan fingerprint density at radius 3 is 2.29 bits per heavy atom. The smallest absolute Gasteiger partial charge is 0.175 e. The molecular weight excluding hydrogens is 442 g/mol. The molecule has 5 rings (SSSR count). The van der Waals surface area contributed by atoms with Gasteiger partial charge in [-0.05, 0) is 68.4 Å². The topological polar surface area (TPSA) is 49.1 Å². The average Bonchev–Trinajstić information content (AvgIpc) is 3.39. The van der Waals surface area contributed by atoms with Crippen LogP contribution in [-0.4, -0.2) is 32.8 Å². The summed E-state index contributed by atoms with van der Waals surface area (Å²) in [7, 11) is 1.65. The Morgan fingerprint density at radius 2 is 1.56 bits per heavy atom. The van der Waals surface area contributed by atoms with Gasteiger partial charge in [-0.3, -0.25) is 9.36 Å². The van der Waals surface area contributed by atoms with Gasteiger partial charge in [0, 0.05) is 28.3 Å². The number of rotatable bonds is 7. The van der Waals surface area contributed by atoms with Crippen LogP contribution in [0.4, 0.5) is 0 Å². The average molecular weight is 468 g/mol. The number of methoxy groups -OCH3 is 1. The molecule has 0 saturated heterocycles. The fraction of sp³-hybridized carbons (Fsp3) is 0.143. The number of imidazole rings is 1. The Labute approximate surface area is 203 Å². The van der Waals surface area contributed by atoms with Gasteiger partial charge in [0.05, 0.1) is 23.9 Å². The van der Waals surface area contributed by atoms with Crippen LogP contribution in [0.1, 0.15) is 21.7 Å². The Hall–Kier alpha value is -3.77. The third kappa shape index (κ3) is 4.01. The highest BCUT2D eigenvalue weighted by molar-refractivity contribution is 7.99. The summed E-state index contributed by atoms with van der Waals surface area (Å²) in [6, 6.07) is 28.0. The second-order valence-electron chi connectivity index (χ2n) is 8.08. The molecule has 5 nitrogen and oxygen atoms in total. The summed E-state index contributed by atoms with van der Waals surface area (Å²) in [6.45, 7) is 4.02. The van der Waals surface area contributed by atoms with Gasteiger partial charge in [0.25, 0.3) is 0 Å². The molecule has 0 spiro atoms. The van der Waals surface area contributed by atoms with E-state index in [0.29, 0.717) is 5.75 Å². The minimum absolute atomic E-state index is 0.0875. The largest absolute Gasteiger partial charge is 0.497 e. The van der Waals surface area contributed by atoms with Crippen LogP contribution < -0.4 is 4.74 Å². The predicted molar refractivity (Wildman–Crippen MR) is 138 cm³/mol. The van der Waals surface area contributed by atoms with Crippen molar-refractivity contribution in [3.05, 3.63) is 102 Å². The molecule has 2 heterocycles. The van der Waals surface area contributed by atoms with Crippen molar-refractivity contribution in [3.8, 4) is 17.1 Å². The van der Waals surface area contributed by atoms with E-state index in [-0.39, 0.29) is 5.78 Å². The van der Waals surface area contributed by atoms with Crippen molar-refractivity contribution in [2.45, 2.75) is 19.0 Å². The maximum Gasteiger partial charge on any atom is 0.175 e. The number of ketones is 1. The van der Waals surface area contributed by atoms with Gasteiger partial charge in [-0.15, -0.1) is 0 Å². The molecule has 3 aromatic carbocycles. The van der Waals surface area contributed by atoms with Crippen molar-refractivity contribution in [1.82, 2.24) is 14.1 Å². The molecule has 0 N–H and O–H groups in total. The molecule has 5 aromatic rings. The predicted octanol–water partition coefficient (Wildman–Crippen LogP) is 6.42. The minimum Gasteiger partial charge on any atom is -0.497 e. The summed E-state index contributed by atoms with van der Waals surface area (Å²) in [6.07, 6.45) is 0. The van der Waals surface area contributed by atoms with E-state index in [0.717, 1.165) is 50.3 Å². The molecular formula is C28H25N3O2S. The third-order valence-electron chi connectivity index (χ3n) is 5.94. The molecule has 0 amide bonds. The first-order valence-corrected chi connectivity index (χ1v) is 12.1. The van der Waals surface area contributed by atoms with Crippen LogP contribution in [0.5, 0.6) is 5.75 Å². The fourth-order valence-electron chi connectivity index (χ4n) is 4.31. The summed E-state index contributed by atoms with van der Waals surface area (Å²) >= 11 is 1.47. The summed E-state index contributed by atoms with van der Waals surface area (Å²) in [5.74, 6) is 1.20. The van der Waals surface area contributed by atoms with Gasteiger partial charge in [0.2, 0.25) is 0 Å². The van der Waals surface area contributed by atoms with E-state index in [2.05, 4.69) is 27.3 Å². The first-order valence-electron chi connectivity index (χ1n) is 11.1. The highest BCUT2D eigenvalue weighted by atomic mass is 32.2. The van der Waals surface area contributed by atoms with E-state index in [9.17, 15) is 4.79 Å². The van der Waals surface area contributed by atoms with Gasteiger partial charge in [-0.25, -0.2) is 4.98 Å². The summed E-state index contributed by atoms with van der Waals surface area (Å²) in [4.78, 5) is 18.1. The maximum absolute atomic E-state index is 13.3. The number of aromatic nitrogens is 3. The molecule has 170 valence electrons. The Kier molecular flexibility index (Phi) is 5.99. The fourth-order valence-corrected chi connectivity index (χ4v) is 5.22. The van der Waals surface area contributed by atoms with E-state index in [1.807, 2.05) is 80.6 Å². The van der Waals surface area contributed by atoms with Gasteiger partial charge >= 0.3 is 0 Å². The van der Waals surface area contributed by atoms with Crippen molar-refractivity contribution in [1.29, 1.82) is 0 Å². The second kappa shape index (κ2) is 9.23. The molecule has 2 aromatic heterocycles. The molecule has 0 saturated carbocycles. The highest BCUT2D eigenvalue weighted by Gasteiger charge is 2.19. The van der Waals surface area contributed by atoms with Crippen LogP contribution >= 0.6 is 11.8 Å². The molecule has 0 bridgehead atoms. The molecule has 6 heteroatoms. The zero-order valence-corrected chi connectivity index (χ0v) is 20.2. The lowest BCUT2D eigenvalue weighted by Gasteiger charge is -2.11. The quantitative estimate of drug-likeness (QED) is 0.205. The normalized spacial score (nSPS) is 11.1. The van der Waals surface area contributed by atoms with Crippen LogP contribution in [0.25, 0.3) is 22.4 Å². The van der Waals surface area contributed by atoms with Crippen molar-refractivity contribution < 1.29 is 9.53 Å². The number of thioether (sulfide) groups is 1. The summed E-state index contributed by atoms with van der Waals surface area (Å²) < 4.78 is 9.50. The minimum atomic E-state index is 0.0875. The van der Waals surface area contributed by atoms with Crippen molar-refractivity contribution in [2.75, 3.05) is 12.9 Å². The lowest BCUT2D eigenvalue weighted by atomic mass is 10.2. The number of carbonyl (C=O) groups is 1. The molecule has 0 unspecified atom stereocenters. The first kappa shape index (κ1) is 22.0. The molecule has 0 atom stereocenters. The molecule has 34 heavy (non-hydrogen) atoms. The van der Waals surface area contributed by atoms with E-state index < -0.39 is 0 Å². The Morgan fingerprint density at radius 1 is 0.882 bits per heavy atom. The van der Waals surface area contributed by atoms with Gasteiger partial charge < -0.3 is 9.30 Å². The zero-order chi connectivity index (χ0) is 23.7. The number of para-hydroxylation sites is 3. The molecule has 0 aliphatic heterocycles. The SMILES string of the molecule is COc1ccc(-n2c(C)cc(C(=O)CSc3nc4ccccc4n3-c3ccccc3)c2C)cc1. The van der Waals surface area contributed by atoms with Crippen LogP contribution in [0.3, 0.4) is 0 Å². The van der Waals surface area contributed by atoms with E-state index in [1.165, 1.54) is 11.8 Å². The first-order chi connectivity index (χ1) is 16.6. The monoisotopic (exact) mass is 467 g/mol. The number of carbonyl (C=O) groups excluding carboxylic acids is 1. The Balaban J connectivity index is 1.43. The van der Waals surface area contributed by atoms with Crippen molar-refractivity contribution in [3.63, 3.8) is 0 Å². The number of benzene rings is 3. The molecule has 0 radical (unpaired) electrons. The maximum atomic E-state index is 13.3.